The molecule has 20 heavy (non-hydrogen) atoms. The van der Waals surface area contributed by atoms with Crippen LogP contribution < -0.4 is 4.74 Å². The van der Waals surface area contributed by atoms with Crippen LogP contribution in [0.3, 0.4) is 0 Å². The second-order valence-corrected chi connectivity index (χ2v) is 3.63. The Kier molecular flexibility index (Phi) is 4.90. The molecule has 0 aliphatic heterocycles. The van der Waals surface area contributed by atoms with Crippen molar-refractivity contribution < 1.29 is 32.2 Å². The zero-order chi connectivity index (χ0) is 15.3. The van der Waals surface area contributed by atoms with E-state index in [1.807, 2.05) is 0 Å². The zero-order valence-corrected chi connectivity index (χ0v) is 10.7. The van der Waals surface area contributed by atoms with Gasteiger partial charge in [0, 0.05) is 6.08 Å². The van der Waals surface area contributed by atoms with E-state index in [9.17, 15) is 22.8 Å². The number of esters is 1. The first-order valence-electron chi connectivity index (χ1n) is 5.35. The molecule has 0 aliphatic carbocycles. The Hall–Kier alpha value is -2.31. The molecule has 0 fully saturated rings. The molecule has 108 valence electrons. The summed E-state index contributed by atoms with van der Waals surface area (Å²) in [5.41, 5.74) is -1.01. The fraction of sp³-hybridized carbons (Fsp3) is 0.231. The molecule has 1 rings (SSSR count). The van der Waals surface area contributed by atoms with Crippen molar-refractivity contribution in [3.05, 3.63) is 41.5 Å². The van der Waals surface area contributed by atoms with Crippen LogP contribution in [0.1, 0.15) is 15.9 Å². The predicted octanol–water partition coefficient (Wildman–Crippen LogP) is 2.63. The van der Waals surface area contributed by atoms with Crippen molar-refractivity contribution in [3.8, 4) is 5.75 Å². The molecule has 4 nitrogen and oxygen atoms in total. The largest absolute Gasteiger partial charge is 0.496 e. The van der Waals surface area contributed by atoms with E-state index in [0.717, 1.165) is 44.6 Å². The number of carbonyl (C=O) groups is 2. The first-order chi connectivity index (χ1) is 9.29. The van der Waals surface area contributed by atoms with Gasteiger partial charge in [0.25, 0.3) is 0 Å². The van der Waals surface area contributed by atoms with E-state index >= 15 is 0 Å². The van der Waals surface area contributed by atoms with Gasteiger partial charge in [0.1, 0.15) is 5.75 Å². The Balaban J connectivity index is 3.10. The fourth-order valence-electron chi connectivity index (χ4n) is 1.37. The summed E-state index contributed by atoms with van der Waals surface area (Å²) < 4.78 is 46.6. The molecule has 7 heteroatoms. The Morgan fingerprint density at radius 3 is 2.30 bits per heavy atom. The minimum absolute atomic E-state index is 0.0827. The van der Waals surface area contributed by atoms with Crippen molar-refractivity contribution in [1.29, 1.82) is 0 Å². The number of hydrogen-bond acceptors (Lipinski definition) is 4. The number of carbonyl (C=O) groups excluding carboxylic acids is 2. The van der Waals surface area contributed by atoms with Crippen LogP contribution in [0.2, 0.25) is 0 Å². The number of ether oxygens (including phenoxy) is 2. The van der Waals surface area contributed by atoms with Gasteiger partial charge in [0.15, 0.2) is 5.78 Å². The van der Waals surface area contributed by atoms with Crippen molar-refractivity contribution >= 4 is 11.8 Å². The summed E-state index contributed by atoms with van der Waals surface area (Å²) in [6.45, 7) is 0. The summed E-state index contributed by atoms with van der Waals surface area (Å²) in [6, 6.07) is 2.48. The zero-order valence-electron chi connectivity index (χ0n) is 10.7. The Bertz CT molecular complexity index is 547. The van der Waals surface area contributed by atoms with Gasteiger partial charge in [-0.2, -0.15) is 13.2 Å². The average Bonchev–Trinajstić information content (AvgIpc) is 2.42. The number of alkyl halides is 3. The highest BCUT2D eigenvalue weighted by Gasteiger charge is 2.31. The summed E-state index contributed by atoms with van der Waals surface area (Å²) >= 11 is 0. The first-order valence-corrected chi connectivity index (χ1v) is 5.35. The van der Waals surface area contributed by atoms with Crippen molar-refractivity contribution in [1.82, 2.24) is 0 Å². The molecule has 0 heterocycles. The smallest absolute Gasteiger partial charge is 0.416 e. The van der Waals surface area contributed by atoms with Crippen LogP contribution in [-0.2, 0) is 15.7 Å². The monoisotopic (exact) mass is 288 g/mol. The van der Waals surface area contributed by atoms with Crippen molar-refractivity contribution in [2.24, 2.45) is 0 Å². The maximum Gasteiger partial charge on any atom is 0.416 e. The Morgan fingerprint density at radius 1 is 1.15 bits per heavy atom. The number of rotatable bonds is 4. The second kappa shape index (κ2) is 6.23. The van der Waals surface area contributed by atoms with Gasteiger partial charge in [-0.1, -0.05) is 0 Å². The SMILES string of the molecule is COC(=O)/C=C/C(=O)c1ccc(C(F)(F)F)cc1OC. The molecule has 1 aromatic carbocycles. The van der Waals surface area contributed by atoms with Gasteiger partial charge in [0.05, 0.1) is 25.3 Å². The quantitative estimate of drug-likeness (QED) is 0.485. The highest BCUT2D eigenvalue weighted by Crippen LogP contribution is 2.33. The van der Waals surface area contributed by atoms with Crippen LogP contribution in [0.25, 0.3) is 0 Å². The molecule has 0 radical (unpaired) electrons. The van der Waals surface area contributed by atoms with E-state index < -0.39 is 23.5 Å². The van der Waals surface area contributed by atoms with Gasteiger partial charge in [-0.15, -0.1) is 0 Å². The topological polar surface area (TPSA) is 52.6 Å². The van der Waals surface area contributed by atoms with Gasteiger partial charge >= 0.3 is 12.1 Å². The van der Waals surface area contributed by atoms with Crippen LogP contribution in [0, 0.1) is 0 Å². The molecule has 0 unspecified atom stereocenters. The first kappa shape index (κ1) is 15.7. The van der Waals surface area contributed by atoms with E-state index in [1.165, 1.54) is 0 Å². The molecular weight excluding hydrogens is 277 g/mol. The van der Waals surface area contributed by atoms with Crippen molar-refractivity contribution in [2.75, 3.05) is 14.2 Å². The molecule has 0 spiro atoms. The number of benzene rings is 1. The standard InChI is InChI=1S/C13H11F3O4/c1-19-11-7-8(13(14,15)16)3-4-9(11)10(17)5-6-12(18)20-2/h3-7H,1-2H3/b6-5+. The third kappa shape index (κ3) is 3.84. The molecular formula is C13H11F3O4. The summed E-state index contributed by atoms with van der Waals surface area (Å²) in [5, 5.41) is 0. The number of hydrogen-bond donors (Lipinski definition) is 0. The van der Waals surface area contributed by atoms with Gasteiger partial charge < -0.3 is 9.47 Å². The number of ketones is 1. The summed E-state index contributed by atoms with van der Waals surface area (Å²) in [5.74, 6) is -1.63. The normalized spacial score (nSPS) is 11.4. The predicted molar refractivity (Wildman–Crippen MR) is 63.5 cm³/mol. The van der Waals surface area contributed by atoms with E-state index in [2.05, 4.69) is 4.74 Å². The van der Waals surface area contributed by atoms with Crippen LogP contribution in [0.15, 0.2) is 30.4 Å². The highest BCUT2D eigenvalue weighted by molar-refractivity contribution is 6.08. The number of allylic oxidation sites excluding steroid dienone is 1. The van der Waals surface area contributed by atoms with Gasteiger partial charge in [-0.25, -0.2) is 4.79 Å². The van der Waals surface area contributed by atoms with Gasteiger partial charge in [0.2, 0.25) is 0 Å². The molecule has 0 atom stereocenters. The van der Waals surface area contributed by atoms with E-state index in [4.69, 9.17) is 4.74 Å². The maximum absolute atomic E-state index is 12.5. The summed E-state index contributed by atoms with van der Waals surface area (Å²) in [7, 11) is 2.28. The lowest BCUT2D eigenvalue weighted by Crippen LogP contribution is -2.07. The summed E-state index contributed by atoms with van der Waals surface area (Å²) in [6.07, 6.45) is -2.76. The molecule has 0 aliphatic rings. The van der Waals surface area contributed by atoms with Crippen molar-refractivity contribution in [3.63, 3.8) is 0 Å². The number of methoxy groups -OCH3 is 2. The van der Waals surface area contributed by atoms with Crippen LogP contribution >= 0.6 is 0 Å². The minimum Gasteiger partial charge on any atom is -0.496 e. The van der Waals surface area contributed by atoms with Crippen LogP contribution in [0.4, 0.5) is 13.2 Å². The lowest BCUT2D eigenvalue weighted by molar-refractivity contribution is -0.137. The summed E-state index contributed by atoms with van der Waals surface area (Å²) in [4.78, 5) is 22.6. The molecule has 0 amide bonds. The van der Waals surface area contributed by atoms with Gasteiger partial charge in [-0.05, 0) is 24.3 Å². The second-order valence-electron chi connectivity index (χ2n) is 3.63. The van der Waals surface area contributed by atoms with Crippen LogP contribution in [0.5, 0.6) is 5.75 Å². The third-order valence-electron chi connectivity index (χ3n) is 2.37. The van der Waals surface area contributed by atoms with Crippen molar-refractivity contribution in [2.45, 2.75) is 6.18 Å². The van der Waals surface area contributed by atoms with Crippen LogP contribution in [-0.4, -0.2) is 26.0 Å². The maximum atomic E-state index is 12.5. The third-order valence-corrected chi connectivity index (χ3v) is 2.37. The average molecular weight is 288 g/mol. The van der Waals surface area contributed by atoms with E-state index in [0.29, 0.717) is 0 Å². The van der Waals surface area contributed by atoms with E-state index in [1.54, 1.807) is 0 Å². The molecule has 0 N–H and O–H groups in total. The number of halogens is 3. The fourth-order valence-corrected chi connectivity index (χ4v) is 1.37. The Labute approximate surface area is 112 Å². The minimum atomic E-state index is -4.53. The van der Waals surface area contributed by atoms with Gasteiger partial charge in [-0.3, -0.25) is 4.79 Å². The molecule has 0 aromatic heterocycles. The lowest BCUT2D eigenvalue weighted by Gasteiger charge is -2.11. The molecule has 0 saturated heterocycles. The Morgan fingerprint density at radius 2 is 1.80 bits per heavy atom. The lowest BCUT2D eigenvalue weighted by atomic mass is 10.1. The molecule has 0 saturated carbocycles. The molecule has 1 aromatic rings. The van der Waals surface area contributed by atoms with E-state index in [-0.39, 0.29) is 11.3 Å². The highest BCUT2D eigenvalue weighted by atomic mass is 19.4. The molecule has 0 bridgehead atoms.